The number of hydrogen-bond acceptors (Lipinski definition) is 5. The van der Waals surface area contributed by atoms with Gasteiger partial charge in [0.05, 0.1) is 11.5 Å². The van der Waals surface area contributed by atoms with E-state index in [0.717, 1.165) is 11.1 Å². The Morgan fingerprint density at radius 2 is 2.12 bits per heavy atom. The monoisotopic (exact) mass is 379 g/mol. The maximum atomic E-state index is 12.6. The predicted octanol–water partition coefficient (Wildman–Crippen LogP) is 1.98. The zero-order chi connectivity index (χ0) is 19.3. The third-order valence-electron chi connectivity index (χ3n) is 4.37. The number of likely N-dealkylation sites (N-methyl/N-ethyl adjacent to an activating group) is 1. The lowest BCUT2D eigenvalue weighted by Gasteiger charge is -2.29. The van der Waals surface area contributed by atoms with E-state index in [9.17, 15) is 18.0 Å². The zero-order valence-corrected chi connectivity index (χ0v) is 16.2. The van der Waals surface area contributed by atoms with Crippen LogP contribution in [0.25, 0.3) is 6.08 Å². The third-order valence-corrected chi connectivity index (χ3v) is 6.12. The Morgan fingerprint density at radius 1 is 1.38 bits per heavy atom. The summed E-state index contributed by atoms with van der Waals surface area (Å²) in [5, 5.41) is 0. The van der Waals surface area contributed by atoms with Gasteiger partial charge in [-0.05, 0) is 38.8 Å². The average molecular weight is 379 g/mol. The lowest BCUT2D eigenvalue weighted by Crippen LogP contribution is -2.46. The summed E-state index contributed by atoms with van der Waals surface area (Å²) in [7, 11) is -3.09. The van der Waals surface area contributed by atoms with E-state index in [1.54, 1.807) is 13.0 Å². The van der Waals surface area contributed by atoms with Crippen molar-refractivity contribution in [1.82, 2.24) is 4.90 Å². The molecule has 7 heteroatoms. The molecule has 1 amide bonds. The second-order valence-electron chi connectivity index (χ2n) is 6.51. The molecule has 0 radical (unpaired) electrons. The van der Waals surface area contributed by atoms with Crippen molar-refractivity contribution >= 4 is 27.8 Å². The molecule has 0 bridgehead atoms. The Hall–Kier alpha value is -2.15. The summed E-state index contributed by atoms with van der Waals surface area (Å²) in [6.45, 7) is 5.63. The topological polar surface area (TPSA) is 80.8 Å². The number of benzene rings is 1. The van der Waals surface area contributed by atoms with Crippen molar-refractivity contribution in [3.8, 4) is 0 Å². The summed E-state index contributed by atoms with van der Waals surface area (Å²) in [5.41, 5.74) is 1.95. The van der Waals surface area contributed by atoms with Crippen molar-refractivity contribution in [3.05, 3.63) is 41.5 Å². The van der Waals surface area contributed by atoms with Gasteiger partial charge in [-0.2, -0.15) is 0 Å². The Balaban J connectivity index is 1.95. The van der Waals surface area contributed by atoms with Gasteiger partial charge in [-0.15, -0.1) is 0 Å². The molecule has 1 saturated heterocycles. The van der Waals surface area contributed by atoms with E-state index >= 15 is 0 Å². The van der Waals surface area contributed by atoms with Gasteiger partial charge in [0.1, 0.15) is 0 Å². The molecule has 6 nitrogen and oxygen atoms in total. The molecule has 1 aromatic rings. The molecule has 1 aliphatic rings. The quantitative estimate of drug-likeness (QED) is 0.558. The first-order valence-electron chi connectivity index (χ1n) is 8.68. The molecule has 2 rings (SSSR count). The SMILES string of the molecule is CCN(C(=O)[C@H](C)OC(=O)/C=C/c1cccc(C)c1)[C@H]1CCS(=O)(=O)C1. The Morgan fingerprint density at radius 3 is 2.69 bits per heavy atom. The van der Waals surface area contributed by atoms with Crippen LogP contribution < -0.4 is 0 Å². The van der Waals surface area contributed by atoms with Crippen LogP contribution >= 0.6 is 0 Å². The smallest absolute Gasteiger partial charge is 0.331 e. The Bertz CT molecular complexity index is 800. The first-order chi connectivity index (χ1) is 12.2. The third kappa shape index (κ3) is 5.42. The molecule has 142 valence electrons. The molecule has 0 unspecified atom stereocenters. The number of amides is 1. The highest BCUT2D eigenvalue weighted by Crippen LogP contribution is 2.19. The largest absolute Gasteiger partial charge is 0.449 e. The Labute approximate surface area is 154 Å². The second kappa shape index (κ2) is 8.49. The number of hydrogen-bond donors (Lipinski definition) is 0. The minimum absolute atomic E-state index is 0.0273. The number of aryl methyl sites for hydroxylation is 1. The molecule has 0 aromatic heterocycles. The van der Waals surface area contributed by atoms with Crippen LogP contribution in [0.5, 0.6) is 0 Å². The van der Waals surface area contributed by atoms with Crippen molar-refractivity contribution in [1.29, 1.82) is 0 Å². The molecule has 1 heterocycles. The highest BCUT2D eigenvalue weighted by atomic mass is 32.2. The van der Waals surface area contributed by atoms with E-state index in [2.05, 4.69) is 0 Å². The number of rotatable bonds is 6. The summed E-state index contributed by atoms with van der Waals surface area (Å²) < 4.78 is 28.5. The molecule has 1 fully saturated rings. The zero-order valence-electron chi connectivity index (χ0n) is 15.3. The van der Waals surface area contributed by atoms with Crippen molar-refractivity contribution in [3.63, 3.8) is 0 Å². The Kier molecular flexibility index (Phi) is 6.58. The van der Waals surface area contributed by atoms with Gasteiger partial charge in [-0.25, -0.2) is 13.2 Å². The van der Waals surface area contributed by atoms with Gasteiger partial charge in [0.25, 0.3) is 5.91 Å². The van der Waals surface area contributed by atoms with Gasteiger partial charge >= 0.3 is 5.97 Å². The summed E-state index contributed by atoms with van der Waals surface area (Å²) in [4.78, 5) is 26.0. The average Bonchev–Trinajstić information content (AvgIpc) is 2.93. The van der Waals surface area contributed by atoms with E-state index in [1.807, 2.05) is 31.2 Å². The molecule has 1 aliphatic heterocycles. The predicted molar refractivity (Wildman–Crippen MR) is 100 cm³/mol. The fourth-order valence-electron chi connectivity index (χ4n) is 3.05. The van der Waals surface area contributed by atoms with E-state index < -0.39 is 21.9 Å². The van der Waals surface area contributed by atoms with Crippen molar-refractivity contribution in [2.45, 2.75) is 39.3 Å². The summed E-state index contributed by atoms with van der Waals surface area (Å²) in [6.07, 6.45) is 2.38. The van der Waals surface area contributed by atoms with Crippen LogP contribution in [0.4, 0.5) is 0 Å². The normalized spacial score (nSPS) is 20.0. The molecule has 0 aliphatic carbocycles. The van der Waals surface area contributed by atoms with Gasteiger partial charge in [0.2, 0.25) is 0 Å². The highest BCUT2D eigenvalue weighted by Gasteiger charge is 2.36. The van der Waals surface area contributed by atoms with E-state index in [1.165, 1.54) is 17.9 Å². The summed E-state index contributed by atoms with van der Waals surface area (Å²) in [5.74, 6) is -0.913. The second-order valence-corrected chi connectivity index (χ2v) is 8.74. The number of nitrogens with zero attached hydrogens (tertiary/aromatic N) is 1. The summed E-state index contributed by atoms with van der Waals surface area (Å²) >= 11 is 0. The standard InChI is InChI=1S/C19H25NO5S/c1-4-20(17-10-11-26(23,24)13-17)19(22)15(3)25-18(21)9-8-16-7-5-6-14(2)12-16/h5-9,12,15,17H,4,10-11,13H2,1-3H3/b9-8+/t15-,17-/m0/s1. The molecular formula is C19H25NO5S. The number of carbonyl (C=O) groups is 2. The molecular weight excluding hydrogens is 354 g/mol. The van der Waals surface area contributed by atoms with E-state index in [0.29, 0.717) is 13.0 Å². The number of esters is 1. The van der Waals surface area contributed by atoms with E-state index in [-0.39, 0.29) is 23.5 Å². The molecule has 1 aromatic carbocycles. The maximum Gasteiger partial charge on any atom is 0.331 e. The number of ether oxygens (including phenoxy) is 1. The first kappa shape index (κ1) is 20.2. The van der Waals surface area contributed by atoms with Gasteiger partial charge in [0.15, 0.2) is 15.9 Å². The van der Waals surface area contributed by atoms with Gasteiger partial charge in [0, 0.05) is 18.7 Å². The minimum atomic E-state index is -3.09. The van der Waals surface area contributed by atoms with Gasteiger partial charge in [-0.1, -0.05) is 29.8 Å². The first-order valence-corrected chi connectivity index (χ1v) is 10.5. The molecule has 0 saturated carbocycles. The van der Waals surface area contributed by atoms with Crippen molar-refractivity contribution in [2.24, 2.45) is 0 Å². The van der Waals surface area contributed by atoms with Crippen LogP contribution in [0.3, 0.4) is 0 Å². The lowest BCUT2D eigenvalue weighted by molar-refractivity contribution is -0.156. The number of sulfone groups is 1. The van der Waals surface area contributed by atoms with Crippen molar-refractivity contribution < 1.29 is 22.7 Å². The van der Waals surface area contributed by atoms with Crippen LogP contribution in [-0.4, -0.2) is 55.4 Å². The molecule has 2 atom stereocenters. The van der Waals surface area contributed by atoms with Crippen LogP contribution in [0.2, 0.25) is 0 Å². The maximum absolute atomic E-state index is 12.6. The van der Waals surface area contributed by atoms with Crippen LogP contribution in [0.1, 0.15) is 31.4 Å². The fourth-order valence-corrected chi connectivity index (χ4v) is 4.78. The summed E-state index contributed by atoms with van der Waals surface area (Å²) in [6, 6.07) is 7.30. The van der Waals surface area contributed by atoms with E-state index in [4.69, 9.17) is 4.74 Å². The molecule has 0 spiro atoms. The highest BCUT2D eigenvalue weighted by molar-refractivity contribution is 7.91. The fraction of sp³-hybridized carbons (Fsp3) is 0.474. The number of carbonyl (C=O) groups excluding carboxylic acids is 2. The van der Waals surface area contributed by atoms with Crippen LogP contribution in [-0.2, 0) is 24.2 Å². The van der Waals surface area contributed by atoms with Crippen molar-refractivity contribution in [2.75, 3.05) is 18.1 Å². The lowest BCUT2D eigenvalue weighted by atomic mass is 10.1. The van der Waals surface area contributed by atoms with Crippen LogP contribution in [0.15, 0.2) is 30.3 Å². The van der Waals surface area contributed by atoms with Gasteiger partial charge < -0.3 is 9.64 Å². The molecule has 0 N–H and O–H groups in total. The van der Waals surface area contributed by atoms with Crippen LogP contribution in [0, 0.1) is 6.92 Å². The molecule has 26 heavy (non-hydrogen) atoms. The minimum Gasteiger partial charge on any atom is -0.449 e. The van der Waals surface area contributed by atoms with Gasteiger partial charge in [-0.3, -0.25) is 4.79 Å².